The Morgan fingerprint density at radius 1 is 1.53 bits per heavy atom. The lowest BCUT2D eigenvalue weighted by Crippen LogP contribution is -2.34. The lowest BCUT2D eigenvalue weighted by molar-refractivity contribution is 0.150. The summed E-state index contributed by atoms with van der Waals surface area (Å²) in [6, 6.07) is 5.10. The van der Waals surface area contributed by atoms with Crippen LogP contribution < -0.4 is 10.9 Å². The van der Waals surface area contributed by atoms with Gasteiger partial charge in [-0.3, -0.25) is 4.79 Å². The molecule has 4 nitrogen and oxygen atoms in total. The van der Waals surface area contributed by atoms with Crippen molar-refractivity contribution in [1.82, 2.24) is 9.88 Å². The number of nitrogens with one attached hydrogen (secondary N) is 1. The van der Waals surface area contributed by atoms with Crippen molar-refractivity contribution >= 4 is 0 Å². The highest BCUT2D eigenvalue weighted by atomic mass is 16.3. The van der Waals surface area contributed by atoms with Gasteiger partial charge < -0.3 is 15.0 Å². The number of aromatic nitrogens is 1. The van der Waals surface area contributed by atoms with E-state index in [9.17, 15) is 9.90 Å². The minimum Gasteiger partial charge on any atom is -0.390 e. The van der Waals surface area contributed by atoms with E-state index in [1.807, 2.05) is 19.9 Å². The third kappa shape index (κ3) is 3.49. The van der Waals surface area contributed by atoms with E-state index in [2.05, 4.69) is 5.32 Å². The summed E-state index contributed by atoms with van der Waals surface area (Å²) in [5.41, 5.74) is 0.809. The Morgan fingerprint density at radius 3 is 2.87 bits per heavy atom. The third-order valence-corrected chi connectivity index (χ3v) is 2.29. The van der Waals surface area contributed by atoms with E-state index in [-0.39, 0.29) is 5.56 Å². The van der Waals surface area contributed by atoms with Crippen LogP contribution in [0.2, 0.25) is 0 Å². The number of aliphatic hydroxyl groups excluding tert-OH is 1. The van der Waals surface area contributed by atoms with Crippen molar-refractivity contribution in [3.8, 4) is 0 Å². The second-order valence-electron chi connectivity index (χ2n) is 3.58. The molecule has 0 amide bonds. The van der Waals surface area contributed by atoms with Crippen LogP contribution in [0.4, 0.5) is 0 Å². The van der Waals surface area contributed by atoms with Crippen molar-refractivity contribution in [2.24, 2.45) is 0 Å². The summed E-state index contributed by atoms with van der Waals surface area (Å²) in [6.07, 6.45) is -0.524. The fourth-order valence-corrected chi connectivity index (χ4v) is 1.44. The van der Waals surface area contributed by atoms with Gasteiger partial charge in [-0.15, -0.1) is 0 Å². The normalized spacial score (nSPS) is 12.7. The quantitative estimate of drug-likeness (QED) is 0.726. The molecule has 1 heterocycles. The number of likely N-dealkylation sites (N-methyl/N-ethyl adjacent to an activating group) is 1. The first kappa shape index (κ1) is 11.9. The Bertz CT molecular complexity index is 360. The molecule has 1 rings (SSSR count). The first-order valence-electron chi connectivity index (χ1n) is 5.20. The smallest absolute Gasteiger partial charge is 0.250 e. The van der Waals surface area contributed by atoms with Crippen LogP contribution >= 0.6 is 0 Å². The summed E-state index contributed by atoms with van der Waals surface area (Å²) < 4.78 is 1.59. The second kappa shape index (κ2) is 5.68. The number of aliphatic hydroxyl groups is 1. The zero-order valence-corrected chi connectivity index (χ0v) is 9.23. The van der Waals surface area contributed by atoms with Gasteiger partial charge in [0, 0.05) is 18.3 Å². The summed E-state index contributed by atoms with van der Waals surface area (Å²) in [5.74, 6) is 0. The largest absolute Gasteiger partial charge is 0.390 e. The van der Waals surface area contributed by atoms with Crippen molar-refractivity contribution < 1.29 is 5.11 Å². The number of hydrogen-bond acceptors (Lipinski definition) is 3. The van der Waals surface area contributed by atoms with Gasteiger partial charge in [-0.2, -0.15) is 0 Å². The van der Waals surface area contributed by atoms with Crippen LogP contribution in [0, 0.1) is 6.92 Å². The summed E-state index contributed by atoms with van der Waals surface area (Å²) in [6.45, 7) is 5.52. The zero-order chi connectivity index (χ0) is 11.3. The molecule has 0 bridgehead atoms. The predicted octanol–water partition coefficient (Wildman–Crippen LogP) is 0.127. The number of aryl methyl sites for hydroxylation is 1. The molecule has 2 N–H and O–H groups in total. The maximum Gasteiger partial charge on any atom is 0.250 e. The molecule has 0 aromatic carbocycles. The lowest BCUT2D eigenvalue weighted by Gasteiger charge is -2.14. The van der Waals surface area contributed by atoms with Gasteiger partial charge in [-0.1, -0.05) is 13.0 Å². The summed E-state index contributed by atoms with van der Waals surface area (Å²) >= 11 is 0. The van der Waals surface area contributed by atoms with Gasteiger partial charge in [0.2, 0.25) is 0 Å². The van der Waals surface area contributed by atoms with Gasteiger partial charge in [0.15, 0.2) is 0 Å². The highest BCUT2D eigenvalue weighted by Crippen LogP contribution is 1.95. The molecule has 84 valence electrons. The van der Waals surface area contributed by atoms with E-state index >= 15 is 0 Å². The van der Waals surface area contributed by atoms with Crippen LogP contribution in [-0.2, 0) is 6.54 Å². The average Bonchev–Trinajstić information content (AvgIpc) is 2.21. The van der Waals surface area contributed by atoms with E-state index in [1.165, 1.54) is 6.07 Å². The van der Waals surface area contributed by atoms with Gasteiger partial charge in [0.05, 0.1) is 12.6 Å². The van der Waals surface area contributed by atoms with E-state index in [0.29, 0.717) is 13.1 Å². The molecule has 0 spiro atoms. The van der Waals surface area contributed by atoms with Crippen LogP contribution in [0.1, 0.15) is 12.6 Å². The maximum atomic E-state index is 11.5. The molecule has 0 saturated heterocycles. The SMILES string of the molecule is CCNCC(O)Cn1c(C)cccc1=O. The molecule has 0 saturated carbocycles. The average molecular weight is 210 g/mol. The van der Waals surface area contributed by atoms with Crippen LogP contribution in [-0.4, -0.2) is 28.9 Å². The third-order valence-electron chi connectivity index (χ3n) is 2.29. The van der Waals surface area contributed by atoms with Gasteiger partial charge >= 0.3 is 0 Å². The molecule has 0 aliphatic rings. The molecule has 0 radical (unpaired) electrons. The van der Waals surface area contributed by atoms with Crippen molar-refractivity contribution in [2.45, 2.75) is 26.5 Å². The maximum absolute atomic E-state index is 11.5. The Balaban J connectivity index is 2.67. The molecule has 0 aliphatic heterocycles. The molecule has 15 heavy (non-hydrogen) atoms. The highest BCUT2D eigenvalue weighted by Gasteiger charge is 2.06. The van der Waals surface area contributed by atoms with E-state index in [0.717, 1.165) is 12.2 Å². The molecule has 1 aromatic rings. The van der Waals surface area contributed by atoms with E-state index in [1.54, 1.807) is 10.6 Å². The lowest BCUT2D eigenvalue weighted by atomic mass is 10.3. The first-order chi connectivity index (χ1) is 7.15. The molecular formula is C11H18N2O2. The monoisotopic (exact) mass is 210 g/mol. The molecule has 1 aromatic heterocycles. The van der Waals surface area contributed by atoms with Gasteiger partial charge in [-0.25, -0.2) is 0 Å². The molecular weight excluding hydrogens is 192 g/mol. The van der Waals surface area contributed by atoms with Crippen molar-refractivity contribution in [1.29, 1.82) is 0 Å². The van der Waals surface area contributed by atoms with E-state index < -0.39 is 6.10 Å². The second-order valence-corrected chi connectivity index (χ2v) is 3.58. The Kier molecular flexibility index (Phi) is 4.52. The fourth-order valence-electron chi connectivity index (χ4n) is 1.44. The van der Waals surface area contributed by atoms with Crippen LogP contribution in [0.5, 0.6) is 0 Å². The molecule has 1 atom stereocenters. The number of hydrogen-bond donors (Lipinski definition) is 2. The van der Waals surface area contributed by atoms with Gasteiger partial charge in [0.25, 0.3) is 5.56 Å². The number of rotatable bonds is 5. The minimum absolute atomic E-state index is 0.0643. The number of nitrogens with zero attached hydrogens (tertiary/aromatic N) is 1. The Hall–Kier alpha value is -1.13. The fraction of sp³-hybridized carbons (Fsp3) is 0.545. The Labute approximate surface area is 89.6 Å². The zero-order valence-electron chi connectivity index (χ0n) is 9.23. The van der Waals surface area contributed by atoms with Gasteiger partial charge in [0.1, 0.15) is 0 Å². The summed E-state index contributed by atoms with van der Waals surface area (Å²) in [7, 11) is 0. The Morgan fingerprint density at radius 2 is 2.27 bits per heavy atom. The van der Waals surface area contributed by atoms with Crippen molar-refractivity contribution in [2.75, 3.05) is 13.1 Å². The van der Waals surface area contributed by atoms with Crippen LogP contribution in [0.15, 0.2) is 23.0 Å². The van der Waals surface area contributed by atoms with Crippen molar-refractivity contribution in [3.63, 3.8) is 0 Å². The standard InChI is InChI=1S/C11H18N2O2/c1-3-12-7-10(14)8-13-9(2)5-4-6-11(13)15/h4-6,10,12,14H,3,7-8H2,1-2H3. The van der Waals surface area contributed by atoms with E-state index in [4.69, 9.17) is 0 Å². The van der Waals surface area contributed by atoms with Gasteiger partial charge in [-0.05, 0) is 19.5 Å². The molecule has 4 heteroatoms. The first-order valence-corrected chi connectivity index (χ1v) is 5.20. The minimum atomic E-state index is -0.524. The highest BCUT2D eigenvalue weighted by molar-refractivity contribution is 5.04. The summed E-state index contributed by atoms with van der Waals surface area (Å²) in [5, 5.41) is 12.7. The number of pyridine rings is 1. The molecule has 0 aliphatic carbocycles. The summed E-state index contributed by atoms with van der Waals surface area (Å²) in [4.78, 5) is 11.5. The molecule has 0 fully saturated rings. The predicted molar refractivity (Wildman–Crippen MR) is 60.0 cm³/mol. The topological polar surface area (TPSA) is 54.3 Å². The molecule has 1 unspecified atom stereocenters. The van der Waals surface area contributed by atoms with Crippen LogP contribution in [0.3, 0.4) is 0 Å². The van der Waals surface area contributed by atoms with Crippen molar-refractivity contribution in [3.05, 3.63) is 34.2 Å². The van der Waals surface area contributed by atoms with Crippen LogP contribution in [0.25, 0.3) is 0 Å².